The van der Waals surface area contributed by atoms with E-state index >= 15 is 0 Å². The van der Waals surface area contributed by atoms with Crippen LogP contribution in [0.5, 0.6) is 0 Å². The van der Waals surface area contributed by atoms with E-state index in [1.54, 1.807) is 6.26 Å². The molecular weight excluding hydrogens is 204 g/mol. The molecule has 0 bridgehead atoms. The summed E-state index contributed by atoms with van der Waals surface area (Å²) in [5, 5.41) is 0. The molecule has 1 fully saturated rings. The molecule has 0 aromatic carbocycles. The topological polar surface area (TPSA) is 39.4 Å². The molecule has 0 spiro atoms. The number of ketones is 1. The fraction of sp³-hybridized carbons (Fsp3) is 0.615. The smallest absolute Gasteiger partial charge is 0.161 e. The lowest BCUT2D eigenvalue weighted by Gasteiger charge is -2.19. The summed E-state index contributed by atoms with van der Waals surface area (Å²) in [6.07, 6.45) is 7.35. The molecule has 1 aromatic heterocycles. The number of Topliss-reactive ketones (excluding diaryl/α,β-unsaturated/α-hetero) is 1. The summed E-state index contributed by atoms with van der Waals surface area (Å²) in [5.41, 5.74) is 0. The van der Waals surface area contributed by atoms with Gasteiger partial charge in [0.15, 0.2) is 5.78 Å². The monoisotopic (exact) mass is 222 g/mol. The highest BCUT2D eigenvalue weighted by molar-refractivity contribution is 5.82. The van der Waals surface area contributed by atoms with Crippen molar-refractivity contribution in [2.24, 2.45) is 5.92 Å². The van der Waals surface area contributed by atoms with Crippen LogP contribution in [0.4, 0.5) is 0 Å². The zero-order chi connectivity index (χ0) is 11.2. The van der Waals surface area contributed by atoms with Gasteiger partial charge in [-0.15, -0.1) is 0 Å². The second-order valence-corrected chi connectivity index (χ2v) is 4.37. The van der Waals surface area contributed by atoms with Crippen molar-refractivity contribution in [2.75, 3.05) is 6.61 Å². The van der Waals surface area contributed by atoms with Crippen LogP contribution in [0.15, 0.2) is 22.8 Å². The van der Waals surface area contributed by atoms with Gasteiger partial charge in [0, 0.05) is 5.92 Å². The molecule has 16 heavy (non-hydrogen) atoms. The Hall–Kier alpha value is -1.09. The van der Waals surface area contributed by atoms with E-state index in [9.17, 15) is 4.79 Å². The maximum atomic E-state index is 11.8. The highest BCUT2D eigenvalue weighted by Gasteiger charge is 2.20. The maximum absolute atomic E-state index is 11.8. The quantitative estimate of drug-likeness (QED) is 0.769. The number of ether oxygens (including phenoxy) is 1. The summed E-state index contributed by atoms with van der Waals surface area (Å²) in [5.74, 6) is 1.27. The fourth-order valence-corrected chi connectivity index (χ4v) is 2.19. The molecule has 0 amide bonds. The third kappa shape index (κ3) is 3.20. The van der Waals surface area contributed by atoms with Crippen LogP contribution in [0.25, 0.3) is 0 Å². The Labute approximate surface area is 95.8 Å². The van der Waals surface area contributed by atoms with Crippen LogP contribution in [0, 0.1) is 5.92 Å². The molecule has 1 aromatic rings. The Morgan fingerprint density at radius 3 is 2.88 bits per heavy atom. The second kappa shape index (κ2) is 5.85. The molecular formula is C13H18O3. The van der Waals surface area contributed by atoms with Crippen molar-refractivity contribution in [2.45, 2.75) is 38.7 Å². The molecule has 0 unspecified atom stereocenters. The average molecular weight is 222 g/mol. The molecule has 88 valence electrons. The van der Waals surface area contributed by atoms with E-state index in [1.807, 2.05) is 12.1 Å². The summed E-state index contributed by atoms with van der Waals surface area (Å²) < 4.78 is 10.5. The zero-order valence-corrected chi connectivity index (χ0v) is 9.48. The summed E-state index contributed by atoms with van der Waals surface area (Å²) >= 11 is 0. The minimum Gasteiger partial charge on any atom is -0.467 e. The van der Waals surface area contributed by atoms with Crippen LogP contribution in [0.3, 0.4) is 0 Å². The molecule has 1 saturated carbocycles. The van der Waals surface area contributed by atoms with E-state index in [-0.39, 0.29) is 18.3 Å². The lowest BCUT2D eigenvalue weighted by Crippen LogP contribution is -2.22. The number of carbonyl (C=O) groups is 1. The number of carbonyl (C=O) groups excluding carboxylic acids is 1. The zero-order valence-electron chi connectivity index (χ0n) is 9.48. The largest absolute Gasteiger partial charge is 0.467 e. The van der Waals surface area contributed by atoms with Crippen molar-refractivity contribution in [1.82, 2.24) is 0 Å². The average Bonchev–Trinajstić information content (AvgIpc) is 2.83. The van der Waals surface area contributed by atoms with Gasteiger partial charge in [-0.2, -0.15) is 0 Å². The van der Waals surface area contributed by atoms with Gasteiger partial charge in [0.1, 0.15) is 19.0 Å². The predicted octanol–water partition coefficient (Wildman–Crippen LogP) is 2.95. The van der Waals surface area contributed by atoms with Gasteiger partial charge in [-0.3, -0.25) is 4.79 Å². The van der Waals surface area contributed by atoms with Crippen LogP contribution < -0.4 is 0 Å². The first-order chi connectivity index (χ1) is 7.86. The predicted molar refractivity (Wildman–Crippen MR) is 59.9 cm³/mol. The Kier molecular flexibility index (Phi) is 4.17. The summed E-state index contributed by atoms with van der Waals surface area (Å²) in [7, 11) is 0. The molecule has 1 aliphatic rings. The number of rotatable bonds is 5. The van der Waals surface area contributed by atoms with Crippen molar-refractivity contribution in [3.63, 3.8) is 0 Å². The van der Waals surface area contributed by atoms with E-state index in [2.05, 4.69) is 0 Å². The van der Waals surface area contributed by atoms with Crippen molar-refractivity contribution >= 4 is 5.78 Å². The van der Waals surface area contributed by atoms with Gasteiger partial charge in [0.25, 0.3) is 0 Å². The van der Waals surface area contributed by atoms with Gasteiger partial charge in [-0.1, -0.05) is 19.3 Å². The normalized spacial score (nSPS) is 17.5. The SMILES string of the molecule is O=C(COCc1ccco1)C1CCCCC1. The van der Waals surface area contributed by atoms with E-state index in [0.717, 1.165) is 18.6 Å². The van der Waals surface area contributed by atoms with Crippen molar-refractivity contribution in [1.29, 1.82) is 0 Å². The summed E-state index contributed by atoms with van der Waals surface area (Å²) in [6, 6.07) is 3.67. The molecule has 0 N–H and O–H groups in total. The maximum Gasteiger partial charge on any atom is 0.161 e. The molecule has 3 heteroatoms. The van der Waals surface area contributed by atoms with Crippen LogP contribution >= 0.6 is 0 Å². The van der Waals surface area contributed by atoms with Gasteiger partial charge in [0.2, 0.25) is 0 Å². The first-order valence-corrected chi connectivity index (χ1v) is 5.99. The first-order valence-electron chi connectivity index (χ1n) is 5.99. The van der Waals surface area contributed by atoms with Gasteiger partial charge in [-0.05, 0) is 25.0 Å². The first kappa shape index (κ1) is 11.4. The third-order valence-corrected chi connectivity index (χ3v) is 3.13. The lowest BCUT2D eigenvalue weighted by molar-refractivity contribution is -0.129. The summed E-state index contributed by atoms with van der Waals surface area (Å²) in [4.78, 5) is 11.8. The highest BCUT2D eigenvalue weighted by atomic mass is 16.5. The van der Waals surface area contributed by atoms with Gasteiger partial charge in [-0.25, -0.2) is 0 Å². The van der Waals surface area contributed by atoms with Gasteiger partial charge < -0.3 is 9.15 Å². The van der Waals surface area contributed by atoms with Crippen LogP contribution in [-0.4, -0.2) is 12.4 Å². The number of hydrogen-bond donors (Lipinski definition) is 0. The molecule has 3 nitrogen and oxygen atoms in total. The fourth-order valence-electron chi connectivity index (χ4n) is 2.19. The van der Waals surface area contributed by atoms with Crippen LogP contribution in [-0.2, 0) is 16.1 Å². The van der Waals surface area contributed by atoms with Crippen molar-refractivity contribution in [3.8, 4) is 0 Å². The van der Waals surface area contributed by atoms with E-state index in [1.165, 1.54) is 19.3 Å². The van der Waals surface area contributed by atoms with Crippen LogP contribution in [0.2, 0.25) is 0 Å². The van der Waals surface area contributed by atoms with E-state index in [0.29, 0.717) is 6.61 Å². The molecule has 0 saturated heterocycles. The van der Waals surface area contributed by atoms with E-state index < -0.39 is 0 Å². The van der Waals surface area contributed by atoms with Gasteiger partial charge in [0.05, 0.1) is 6.26 Å². The molecule has 1 heterocycles. The number of hydrogen-bond acceptors (Lipinski definition) is 3. The number of furan rings is 1. The van der Waals surface area contributed by atoms with Crippen molar-refractivity contribution < 1.29 is 13.9 Å². The molecule has 1 aliphatic carbocycles. The lowest BCUT2D eigenvalue weighted by atomic mass is 9.86. The summed E-state index contributed by atoms with van der Waals surface area (Å²) in [6.45, 7) is 0.622. The third-order valence-electron chi connectivity index (χ3n) is 3.13. The molecule has 0 atom stereocenters. The highest BCUT2D eigenvalue weighted by Crippen LogP contribution is 2.24. The Morgan fingerprint density at radius 2 is 2.19 bits per heavy atom. The standard InChI is InChI=1S/C13H18O3/c14-13(11-5-2-1-3-6-11)10-15-9-12-7-4-8-16-12/h4,7-8,11H,1-3,5-6,9-10H2. The second-order valence-electron chi connectivity index (χ2n) is 4.37. The Balaban J connectivity index is 1.67. The molecule has 0 radical (unpaired) electrons. The van der Waals surface area contributed by atoms with Crippen molar-refractivity contribution in [3.05, 3.63) is 24.2 Å². The Bertz CT molecular complexity index is 310. The molecule has 0 aliphatic heterocycles. The minimum absolute atomic E-state index is 0.228. The van der Waals surface area contributed by atoms with Crippen LogP contribution in [0.1, 0.15) is 37.9 Å². The van der Waals surface area contributed by atoms with Gasteiger partial charge >= 0.3 is 0 Å². The minimum atomic E-state index is 0.228. The van der Waals surface area contributed by atoms with E-state index in [4.69, 9.17) is 9.15 Å². The Morgan fingerprint density at radius 1 is 1.38 bits per heavy atom. The molecule has 2 rings (SSSR count).